The zero-order valence-corrected chi connectivity index (χ0v) is 16.0. The number of hydrogen-bond acceptors (Lipinski definition) is 4. The molecule has 28 heavy (non-hydrogen) atoms. The fraction of sp³-hybridized carbons (Fsp3) is 0.286. The summed E-state index contributed by atoms with van der Waals surface area (Å²) in [5.41, 5.74) is 2.00. The van der Waals surface area contributed by atoms with Crippen LogP contribution in [0, 0.1) is 11.3 Å². The van der Waals surface area contributed by atoms with E-state index in [2.05, 4.69) is 16.0 Å². The Hall–Kier alpha value is -2.88. The maximum Gasteiger partial charge on any atom is 0.251 e. The van der Waals surface area contributed by atoms with Crippen molar-refractivity contribution < 1.29 is 9.59 Å². The van der Waals surface area contributed by atoms with Crippen LogP contribution in [0.4, 0.5) is 0 Å². The van der Waals surface area contributed by atoms with Crippen molar-refractivity contribution in [1.29, 1.82) is 5.26 Å². The Morgan fingerprint density at radius 2 is 1.93 bits per heavy atom. The summed E-state index contributed by atoms with van der Waals surface area (Å²) in [5.74, 6) is -0.293. The molecule has 1 aliphatic rings. The molecule has 1 saturated heterocycles. The average molecular weight is 397 g/mol. The lowest BCUT2D eigenvalue weighted by Crippen LogP contribution is -2.41. The van der Waals surface area contributed by atoms with Gasteiger partial charge in [-0.3, -0.25) is 9.59 Å². The second-order valence-electron chi connectivity index (χ2n) is 6.69. The third-order valence-corrected chi connectivity index (χ3v) is 5.08. The van der Waals surface area contributed by atoms with E-state index in [1.807, 2.05) is 30.3 Å². The summed E-state index contributed by atoms with van der Waals surface area (Å²) in [4.78, 5) is 24.6. The molecular weight excluding hydrogens is 376 g/mol. The van der Waals surface area contributed by atoms with Crippen molar-refractivity contribution in [3.63, 3.8) is 0 Å². The highest BCUT2D eigenvalue weighted by Gasteiger charge is 2.30. The molecular formula is C21H21ClN4O2. The minimum atomic E-state index is -0.336. The Kier molecular flexibility index (Phi) is 6.64. The van der Waals surface area contributed by atoms with Gasteiger partial charge in [0.25, 0.3) is 5.91 Å². The first-order valence-electron chi connectivity index (χ1n) is 9.12. The molecule has 1 aliphatic heterocycles. The summed E-state index contributed by atoms with van der Waals surface area (Å²) in [6.45, 7) is 1.04. The van der Waals surface area contributed by atoms with E-state index in [0.29, 0.717) is 42.1 Å². The van der Waals surface area contributed by atoms with Crippen LogP contribution in [-0.4, -0.2) is 37.0 Å². The number of benzene rings is 2. The molecule has 0 radical (unpaired) electrons. The molecule has 0 saturated carbocycles. The van der Waals surface area contributed by atoms with Gasteiger partial charge in [0.15, 0.2) is 0 Å². The van der Waals surface area contributed by atoms with Crippen LogP contribution in [0.1, 0.15) is 27.9 Å². The fourth-order valence-corrected chi connectivity index (χ4v) is 3.39. The number of rotatable bonds is 6. The SMILES string of the molecule is N#Cc1ccc(C(=O)N[C@H]2CN[C@H](C(=O)NCCc3ccccc3Cl)C2)cc1. The molecule has 3 N–H and O–H groups in total. The van der Waals surface area contributed by atoms with Gasteiger partial charge in [-0.15, -0.1) is 0 Å². The molecule has 1 fully saturated rings. The Morgan fingerprint density at radius 1 is 1.18 bits per heavy atom. The van der Waals surface area contributed by atoms with Gasteiger partial charge in [0.05, 0.1) is 17.7 Å². The molecule has 2 aromatic rings. The predicted molar refractivity (Wildman–Crippen MR) is 107 cm³/mol. The van der Waals surface area contributed by atoms with E-state index in [0.717, 1.165) is 5.56 Å². The summed E-state index contributed by atoms with van der Waals surface area (Å²) < 4.78 is 0. The van der Waals surface area contributed by atoms with Crippen molar-refractivity contribution in [2.24, 2.45) is 0 Å². The predicted octanol–water partition coefficient (Wildman–Crippen LogP) is 2.03. The Morgan fingerprint density at radius 3 is 2.64 bits per heavy atom. The quantitative estimate of drug-likeness (QED) is 0.696. The standard InChI is InChI=1S/C21H21ClN4O2/c22-18-4-2-1-3-15(18)9-10-24-21(28)19-11-17(13-25-19)26-20(27)16-7-5-14(12-23)6-8-16/h1-8,17,19,25H,9-11,13H2,(H,24,28)(H,26,27)/t17-,19+/m1/s1. The highest BCUT2D eigenvalue weighted by Crippen LogP contribution is 2.15. The van der Waals surface area contributed by atoms with Gasteiger partial charge < -0.3 is 16.0 Å². The Labute approximate surface area is 168 Å². The molecule has 2 amide bonds. The van der Waals surface area contributed by atoms with Crippen molar-refractivity contribution in [3.05, 3.63) is 70.2 Å². The zero-order valence-electron chi connectivity index (χ0n) is 15.2. The van der Waals surface area contributed by atoms with Gasteiger partial charge in [-0.1, -0.05) is 29.8 Å². The molecule has 6 nitrogen and oxygen atoms in total. The number of nitriles is 1. The maximum atomic E-state index is 12.3. The zero-order chi connectivity index (χ0) is 19.9. The van der Waals surface area contributed by atoms with Gasteiger partial charge >= 0.3 is 0 Å². The van der Waals surface area contributed by atoms with Crippen molar-refractivity contribution in [2.45, 2.75) is 24.9 Å². The first-order chi connectivity index (χ1) is 13.6. The minimum absolute atomic E-state index is 0.0813. The molecule has 0 unspecified atom stereocenters. The molecule has 0 aromatic heterocycles. The van der Waals surface area contributed by atoms with E-state index in [-0.39, 0.29) is 23.9 Å². The third kappa shape index (κ3) is 5.10. The lowest BCUT2D eigenvalue weighted by atomic mass is 10.1. The van der Waals surface area contributed by atoms with E-state index in [1.165, 1.54) is 0 Å². The molecule has 7 heteroatoms. The Balaban J connectivity index is 1.44. The number of amides is 2. The van der Waals surface area contributed by atoms with E-state index in [4.69, 9.17) is 16.9 Å². The summed E-state index contributed by atoms with van der Waals surface area (Å²) in [5, 5.41) is 18.5. The second-order valence-corrected chi connectivity index (χ2v) is 7.10. The van der Waals surface area contributed by atoms with Crippen LogP contribution < -0.4 is 16.0 Å². The first kappa shape index (κ1) is 19.9. The van der Waals surface area contributed by atoms with E-state index in [1.54, 1.807) is 24.3 Å². The fourth-order valence-electron chi connectivity index (χ4n) is 3.15. The van der Waals surface area contributed by atoms with Gasteiger partial charge in [0.2, 0.25) is 5.91 Å². The van der Waals surface area contributed by atoms with Crippen LogP contribution in [0.3, 0.4) is 0 Å². The van der Waals surface area contributed by atoms with Gasteiger partial charge in [0, 0.05) is 29.7 Å². The van der Waals surface area contributed by atoms with Gasteiger partial charge in [-0.2, -0.15) is 5.26 Å². The third-order valence-electron chi connectivity index (χ3n) is 4.71. The lowest BCUT2D eigenvalue weighted by Gasteiger charge is -2.13. The van der Waals surface area contributed by atoms with Crippen molar-refractivity contribution >= 4 is 23.4 Å². The average Bonchev–Trinajstić information content (AvgIpc) is 3.18. The largest absolute Gasteiger partial charge is 0.354 e. The van der Waals surface area contributed by atoms with Gasteiger partial charge in [-0.05, 0) is 48.7 Å². The van der Waals surface area contributed by atoms with E-state index in [9.17, 15) is 9.59 Å². The highest BCUT2D eigenvalue weighted by molar-refractivity contribution is 6.31. The maximum absolute atomic E-state index is 12.3. The van der Waals surface area contributed by atoms with Crippen LogP contribution in [0.15, 0.2) is 48.5 Å². The monoisotopic (exact) mass is 396 g/mol. The molecule has 2 atom stereocenters. The number of hydrogen-bond donors (Lipinski definition) is 3. The highest BCUT2D eigenvalue weighted by atomic mass is 35.5. The normalized spacial score (nSPS) is 18.3. The van der Waals surface area contributed by atoms with Gasteiger partial charge in [-0.25, -0.2) is 0 Å². The van der Waals surface area contributed by atoms with Crippen LogP contribution in [0.25, 0.3) is 0 Å². The second kappa shape index (κ2) is 9.36. The van der Waals surface area contributed by atoms with E-state index < -0.39 is 0 Å². The summed E-state index contributed by atoms with van der Waals surface area (Å²) in [6.07, 6.45) is 1.19. The summed E-state index contributed by atoms with van der Waals surface area (Å²) in [6, 6.07) is 15.6. The number of carbonyl (C=O) groups excluding carboxylic acids is 2. The first-order valence-corrected chi connectivity index (χ1v) is 9.50. The van der Waals surface area contributed by atoms with Crippen LogP contribution in [0.2, 0.25) is 5.02 Å². The molecule has 0 aliphatic carbocycles. The van der Waals surface area contributed by atoms with E-state index >= 15 is 0 Å². The number of carbonyl (C=O) groups is 2. The number of nitrogens with one attached hydrogen (secondary N) is 3. The Bertz CT molecular complexity index is 892. The molecule has 3 rings (SSSR count). The summed E-state index contributed by atoms with van der Waals surface area (Å²) >= 11 is 6.12. The smallest absolute Gasteiger partial charge is 0.251 e. The lowest BCUT2D eigenvalue weighted by molar-refractivity contribution is -0.122. The number of halogens is 1. The van der Waals surface area contributed by atoms with Crippen LogP contribution in [-0.2, 0) is 11.2 Å². The topological polar surface area (TPSA) is 94.0 Å². The van der Waals surface area contributed by atoms with Crippen molar-refractivity contribution in [1.82, 2.24) is 16.0 Å². The molecule has 144 valence electrons. The molecule has 2 aromatic carbocycles. The van der Waals surface area contributed by atoms with Crippen molar-refractivity contribution in [3.8, 4) is 6.07 Å². The molecule has 1 heterocycles. The van der Waals surface area contributed by atoms with Crippen molar-refractivity contribution in [2.75, 3.05) is 13.1 Å². The van der Waals surface area contributed by atoms with Crippen LogP contribution in [0.5, 0.6) is 0 Å². The molecule has 0 spiro atoms. The minimum Gasteiger partial charge on any atom is -0.354 e. The van der Waals surface area contributed by atoms with Crippen LogP contribution >= 0.6 is 11.6 Å². The van der Waals surface area contributed by atoms with Gasteiger partial charge in [0.1, 0.15) is 0 Å². The summed E-state index contributed by atoms with van der Waals surface area (Å²) in [7, 11) is 0. The number of nitrogens with zero attached hydrogens (tertiary/aromatic N) is 1. The molecule has 0 bridgehead atoms.